The fourth-order valence-electron chi connectivity index (χ4n) is 3.12. The van der Waals surface area contributed by atoms with Crippen molar-refractivity contribution in [2.45, 2.75) is 33.7 Å². The van der Waals surface area contributed by atoms with Crippen LogP contribution in [0, 0.1) is 5.82 Å². The van der Waals surface area contributed by atoms with E-state index in [9.17, 15) is 9.18 Å². The van der Waals surface area contributed by atoms with Crippen molar-refractivity contribution >= 4 is 34.9 Å². The number of benzene rings is 2. The lowest BCUT2D eigenvalue weighted by molar-refractivity contribution is 0.0497. The van der Waals surface area contributed by atoms with E-state index in [1.54, 1.807) is 47.1 Å². The summed E-state index contributed by atoms with van der Waals surface area (Å²) < 4.78 is 21.3. The van der Waals surface area contributed by atoms with E-state index in [1.807, 2.05) is 20.8 Å². The maximum absolute atomic E-state index is 14.4. The summed E-state index contributed by atoms with van der Waals surface area (Å²) in [5.41, 5.74) is 3.13. The van der Waals surface area contributed by atoms with Gasteiger partial charge in [-0.05, 0) is 42.8 Å². The topological polar surface area (TPSA) is 56.5 Å². The smallest absolute Gasteiger partial charge is 0.358 e. The Morgan fingerprint density at radius 3 is 2.53 bits per heavy atom. The Kier molecular flexibility index (Phi) is 9.88. The average molecular weight is 478 g/mol. The Labute approximate surface area is 197 Å². The number of hydrogen-bond donors (Lipinski definition) is 0. The van der Waals surface area contributed by atoms with Crippen molar-refractivity contribution in [1.82, 2.24) is 9.78 Å². The lowest BCUT2D eigenvalue weighted by Crippen LogP contribution is -2.11. The summed E-state index contributed by atoms with van der Waals surface area (Å²) in [7, 11) is 0. The van der Waals surface area contributed by atoms with Crippen LogP contribution in [0.15, 0.2) is 53.5 Å². The predicted octanol–water partition coefficient (Wildman–Crippen LogP) is 6.46. The number of halogens is 3. The van der Waals surface area contributed by atoms with Gasteiger partial charge in [0.2, 0.25) is 0 Å². The van der Waals surface area contributed by atoms with Gasteiger partial charge in [0.15, 0.2) is 5.69 Å². The maximum atomic E-state index is 14.4. The molecule has 0 fully saturated rings. The van der Waals surface area contributed by atoms with Gasteiger partial charge >= 0.3 is 5.97 Å². The second-order valence-electron chi connectivity index (χ2n) is 6.37. The fraction of sp³-hybridized carbons (Fsp3) is 0.292. The summed E-state index contributed by atoms with van der Waals surface area (Å²) in [5.74, 6) is -0.841. The molecular weight excluding hydrogens is 452 g/mol. The Hall–Kier alpha value is -2.70. The van der Waals surface area contributed by atoms with Gasteiger partial charge in [0, 0.05) is 22.5 Å². The molecular formula is C24H26Cl2FN3O2. The van der Waals surface area contributed by atoms with Crippen LogP contribution in [-0.4, -0.2) is 34.5 Å². The molecule has 0 saturated carbocycles. The number of nitrogens with zero attached hydrogens (tertiary/aromatic N) is 3. The summed E-state index contributed by atoms with van der Waals surface area (Å²) in [6.45, 7) is 6.50. The number of alkyl halides is 1. The van der Waals surface area contributed by atoms with Gasteiger partial charge in [-0.2, -0.15) is 5.10 Å². The van der Waals surface area contributed by atoms with Crippen molar-refractivity contribution in [2.24, 2.45) is 4.99 Å². The van der Waals surface area contributed by atoms with Gasteiger partial charge in [0.25, 0.3) is 0 Å². The number of ether oxygens (including phenoxy) is 1. The van der Waals surface area contributed by atoms with E-state index < -0.39 is 5.97 Å². The van der Waals surface area contributed by atoms with Crippen molar-refractivity contribution < 1.29 is 13.9 Å². The molecule has 0 spiro atoms. The van der Waals surface area contributed by atoms with E-state index >= 15 is 0 Å². The highest BCUT2D eigenvalue weighted by Gasteiger charge is 2.24. The number of carbonyl (C=O) groups excluding carboxylic acids is 1. The van der Waals surface area contributed by atoms with Crippen LogP contribution in [0.25, 0.3) is 5.69 Å². The number of aliphatic imine (C=N–C) groups is 1. The Bertz CT molecular complexity index is 1100. The van der Waals surface area contributed by atoms with Gasteiger partial charge in [-0.1, -0.05) is 44.5 Å². The van der Waals surface area contributed by atoms with E-state index in [2.05, 4.69) is 21.7 Å². The fourth-order valence-corrected chi connectivity index (χ4v) is 3.29. The molecule has 32 heavy (non-hydrogen) atoms. The molecule has 1 aliphatic heterocycles. The zero-order valence-electron chi connectivity index (χ0n) is 18.5. The van der Waals surface area contributed by atoms with E-state index in [4.69, 9.17) is 16.3 Å². The van der Waals surface area contributed by atoms with Crippen molar-refractivity contribution in [3.05, 3.63) is 81.9 Å². The second-order valence-corrected chi connectivity index (χ2v) is 6.81. The number of rotatable bonds is 4. The standard InChI is InChI=1S/C21H17ClFN3O2.C2H6.CH3Cl/c1-2-9-28-21(27)18-11-14-12-24-20(15-5-3-4-6-17(15)23)16-10-13(22)7-8-19(16)26(14)25-18;2*1-2/h3-8,10-11H,2,9,12H2,1H3;1-2H3;1H3. The number of hydrogen-bond acceptors (Lipinski definition) is 4. The lowest BCUT2D eigenvalue weighted by atomic mass is 10.00. The first-order valence-electron chi connectivity index (χ1n) is 10.3. The first-order valence-corrected chi connectivity index (χ1v) is 11.5. The predicted molar refractivity (Wildman–Crippen MR) is 128 cm³/mol. The number of fused-ring (bicyclic) bond motifs is 3. The molecule has 2 heterocycles. The molecule has 4 rings (SSSR count). The maximum Gasteiger partial charge on any atom is 0.358 e. The third-order valence-corrected chi connectivity index (χ3v) is 4.63. The molecule has 0 amide bonds. The van der Waals surface area contributed by atoms with Gasteiger partial charge in [0.05, 0.1) is 30.2 Å². The van der Waals surface area contributed by atoms with Gasteiger partial charge in [-0.3, -0.25) is 4.99 Å². The quantitative estimate of drug-likeness (QED) is 0.319. The van der Waals surface area contributed by atoms with Crippen LogP contribution >= 0.6 is 23.2 Å². The van der Waals surface area contributed by atoms with Crippen LogP contribution in [0.2, 0.25) is 5.02 Å². The van der Waals surface area contributed by atoms with Gasteiger partial charge in [-0.25, -0.2) is 13.9 Å². The number of esters is 1. The molecule has 0 atom stereocenters. The van der Waals surface area contributed by atoms with Crippen LogP contribution < -0.4 is 0 Å². The molecule has 8 heteroatoms. The molecule has 5 nitrogen and oxygen atoms in total. The summed E-state index contributed by atoms with van der Waals surface area (Å²) in [4.78, 5) is 16.8. The second kappa shape index (κ2) is 12.4. The monoisotopic (exact) mass is 477 g/mol. The van der Waals surface area contributed by atoms with Gasteiger partial charge in [-0.15, -0.1) is 11.6 Å². The highest BCUT2D eigenvalue weighted by molar-refractivity contribution is 6.31. The first kappa shape index (κ1) is 25.6. The molecule has 3 aromatic rings. The first-order chi connectivity index (χ1) is 15.6. The molecule has 170 valence electrons. The third-order valence-electron chi connectivity index (χ3n) is 4.40. The van der Waals surface area contributed by atoms with Crippen molar-refractivity contribution in [3.8, 4) is 5.69 Å². The van der Waals surface area contributed by atoms with Crippen molar-refractivity contribution in [2.75, 3.05) is 13.0 Å². The van der Waals surface area contributed by atoms with Gasteiger partial charge in [0.1, 0.15) is 5.82 Å². The summed E-state index contributed by atoms with van der Waals surface area (Å²) in [5, 5.41) is 4.92. The van der Waals surface area contributed by atoms with Gasteiger partial charge < -0.3 is 4.74 Å². The van der Waals surface area contributed by atoms with E-state index in [-0.39, 0.29) is 18.1 Å². The highest BCUT2D eigenvalue weighted by Crippen LogP contribution is 2.28. The molecule has 0 unspecified atom stereocenters. The highest BCUT2D eigenvalue weighted by atomic mass is 35.5. The minimum atomic E-state index is -0.476. The summed E-state index contributed by atoms with van der Waals surface area (Å²) in [6, 6.07) is 13.4. The zero-order chi connectivity index (χ0) is 23.7. The molecule has 1 aromatic heterocycles. The van der Waals surface area contributed by atoms with E-state index in [1.165, 1.54) is 12.4 Å². The van der Waals surface area contributed by atoms with Crippen LogP contribution in [0.1, 0.15) is 54.5 Å². The SMILES string of the molecule is CC.CCCOC(=O)c1cc2n(n1)-c1ccc(Cl)cc1C(c1ccccc1F)=NC2.CCl. The third kappa shape index (κ3) is 5.56. The summed E-state index contributed by atoms with van der Waals surface area (Å²) in [6.07, 6.45) is 2.21. The van der Waals surface area contributed by atoms with Crippen LogP contribution in [0.5, 0.6) is 0 Å². The molecule has 0 N–H and O–H groups in total. The van der Waals surface area contributed by atoms with E-state index in [0.717, 1.165) is 6.42 Å². The van der Waals surface area contributed by atoms with Crippen molar-refractivity contribution in [3.63, 3.8) is 0 Å². The lowest BCUT2D eigenvalue weighted by Gasteiger charge is -2.12. The average Bonchev–Trinajstić information content (AvgIpc) is 3.19. The Morgan fingerprint density at radius 1 is 1.12 bits per heavy atom. The minimum Gasteiger partial charge on any atom is -0.461 e. The molecule has 0 bridgehead atoms. The minimum absolute atomic E-state index is 0.217. The zero-order valence-corrected chi connectivity index (χ0v) is 20.0. The normalized spacial score (nSPS) is 11.4. The largest absolute Gasteiger partial charge is 0.461 e. The number of aromatic nitrogens is 2. The van der Waals surface area contributed by atoms with Crippen LogP contribution in [0.4, 0.5) is 4.39 Å². The molecule has 1 aliphatic rings. The van der Waals surface area contributed by atoms with Crippen LogP contribution in [0.3, 0.4) is 0 Å². The molecule has 0 aliphatic carbocycles. The molecule has 0 radical (unpaired) electrons. The Morgan fingerprint density at radius 2 is 1.84 bits per heavy atom. The Balaban J connectivity index is 0.000000860. The molecule has 0 saturated heterocycles. The number of carbonyl (C=O) groups is 1. The van der Waals surface area contributed by atoms with E-state index in [0.29, 0.717) is 39.8 Å². The van der Waals surface area contributed by atoms with Crippen LogP contribution in [-0.2, 0) is 11.3 Å². The van der Waals surface area contributed by atoms with Crippen molar-refractivity contribution in [1.29, 1.82) is 0 Å². The summed E-state index contributed by atoms with van der Waals surface area (Å²) >= 11 is 10.8. The molecule has 2 aromatic carbocycles.